The molecule has 0 saturated heterocycles. The summed E-state index contributed by atoms with van der Waals surface area (Å²) in [5, 5.41) is 9.98. The summed E-state index contributed by atoms with van der Waals surface area (Å²) in [6.45, 7) is 25.0. The number of carbonyl (C=O) groups excluding carboxylic acids is 1. The minimum atomic E-state index is -0.105. The first-order chi connectivity index (χ1) is 32.1. The van der Waals surface area contributed by atoms with Crippen molar-refractivity contribution >= 4 is 23.0 Å². The third-order valence-electron chi connectivity index (χ3n) is 12.8. The molecule has 0 bridgehead atoms. The van der Waals surface area contributed by atoms with Crippen LogP contribution in [0.2, 0.25) is 0 Å². The second-order valence-electron chi connectivity index (χ2n) is 18.3. The molecule has 1 heterocycles. The molecule has 0 aromatic heterocycles. The highest BCUT2D eigenvalue weighted by Crippen LogP contribution is 2.41. The molecule has 0 unspecified atom stereocenters. The molecule has 4 aromatic carbocycles. The Kier molecular flexibility index (Phi) is 18.6. The monoisotopic (exact) mass is 887 g/mol. The van der Waals surface area contributed by atoms with Gasteiger partial charge in [0.05, 0.1) is 5.41 Å². The molecule has 3 N–H and O–H groups in total. The van der Waals surface area contributed by atoms with Crippen LogP contribution < -0.4 is 25.6 Å². The first-order valence-corrected chi connectivity index (χ1v) is 24.7. The van der Waals surface area contributed by atoms with E-state index in [1.165, 1.54) is 61.7 Å². The van der Waals surface area contributed by atoms with Crippen LogP contribution in [0.4, 0.5) is 11.4 Å². The zero-order chi connectivity index (χ0) is 46.9. The van der Waals surface area contributed by atoms with Crippen LogP contribution in [0.1, 0.15) is 121 Å². The van der Waals surface area contributed by atoms with Gasteiger partial charge in [-0.1, -0.05) is 113 Å². The number of nitrogens with zero attached hydrogens (tertiary/aromatic N) is 2. The van der Waals surface area contributed by atoms with Crippen molar-refractivity contribution in [1.29, 1.82) is 0 Å². The minimum Gasteiger partial charge on any atom is -0.457 e. The SMILES string of the molecule is C=C(C)C(=O)NCCCNCc1ccc(CNCc2ccc(OC3=C(/C=C/C4=[N+](CCC)c5ccccc5C4(C)C)CCC/C3=C\C=C(/CC)N(CCC)c3ccccc3CC)cc2)cc1. The smallest absolute Gasteiger partial charge is 0.246 e. The van der Waals surface area contributed by atoms with Gasteiger partial charge >= 0.3 is 0 Å². The molecule has 2 aliphatic rings. The fourth-order valence-electron chi connectivity index (χ4n) is 9.17. The Hall–Kier alpha value is -5.76. The lowest BCUT2D eigenvalue weighted by molar-refractivity contribution is -0.437. The van der Waals surface area contributed by atoms with Gasteiger partial charge in [-0.05, 0) is 136 Å². The van der Waals surface area contributed by atoms with E-state index in [-0.39, 0.29) is 11.3 Å². The Balaban J connectivity index is 1.19. The van der Waals surface area contributed by atoms with Gasteiger partial charge in [-0.3, -0.25) is 4.79 Å². The number of amides is 1. The fourth-order valence-corrected chi connectivity index (χ4v) is 9.17. The highest BCUT2D eigenvalue weighted by molar-refractivity contribution is 6.03. The van der Waals surface area contributed by atoms with Gasteiger partial charge in [0.25, 0.3) is 0 Å². The molecule has 0 spiro atoms. The van der Waals surface area contributed by atoms with E-state index in [0.29, 0.717) is 12.1 Å². The molecule has 0 saturated carbocycles. The van der Waals surface area contributed by atoms with E-state index in [0.717, 1.165) is 102 Å². The molecule has 7 nitrogen and oxygen atoms in total. The molecule has 1 aliphatic heterocycles. The van der Waals surface area contributed by atoms with E-state index in [9.17, 15) is 4.79 Å². The summed E-state index contributed by atoms with van der Waals surface area (Å²) in [6.07, 6.45) is 17.4. The lowest BCUT2D eigenvalue weighted by Crippen LogP contribution is -2.28. The number of ether oxygens (including phenoxy) is 1. The van der Waals surface area contributed by atoms with Crippen LogP contribution in [0.5, 0.6) is 5.75 Å². The Labute approximate surface area is 397 Å². The van der Waals surface area contributed by atoms with Crippen LogP contribution in [0, 0.1) is 0 Å². The van der Waals surface area contributed by atoms with Crippen molar-refractivity contribution in [3.63, 3.8) is 0 Å². The lowest BCUT2D eigenvalue weighted by Gasteiger charge is -2.29. The van der Waals surface area contributed by atoms with Crippen molar-refractivity contribution in [3.05, 3.63) is 184 Å². The van der Waals surface area contributed by atoms with E-state index in [1.807, 2.05) is 0 Å². The number of fused-ring (bicyclic) bond motifs is 1. The van der Waals surface area contributed by atoms with Crippen molar-refractivity contribution < 1.29 is 14.1 Å². The highest BCUT2D eigenvalue weighted by Gasteiger charge is 2.43. The summed E-state index contributed by atoms with van der Waals surface area (Å²) in [5.41, 5.74) is 14.7. The number of hydrogen-bond donors (Lipinski definition) is 3. The summed E-state index contributed by atoms with van der Waals surface area (Å²) < 4.78 is 9.56. The second-order valence-corrected chi connectivity index (χ2v) is 18.3. The van der Waals surface area contributed by atoms with E-state index < -0.39 is 0 Å². The Morgan fingerprint density at radius 2 is 1.47 bits per heavy atom. The predicted octanol–water partition coefficient (Wildman–Crippen LogP) is 12.7. The standard InChI is InChI=1S/C59H75N5O2/c1-9-39-63(54-23-15-13-19-48(54)11-3)51(12-4)33-31-49-20-17-21-50(32-36-56-59(7,8)53-22-14-16-24-55(53)64(56)40-10-2)57(49)66-52-34-29-47(30-35-52)43-61-42-46-27-25-45(26-28-46)41-60-37-18-38-62-58(65)44(5)6/h13-16,19,22-36,60-61H,5,9-12,17-18,20-21,37-43H2,1-4,6-8H3/p+1. The Morgan fingerprint density at radius 3 is 2.14 bits per heavy atom. The molecular formula is C59H76N5O2+. The average molecular weight is 887 g/mol. The maximum Gasteiger partial charge on any atom is 0.246 e. The number of anilines is 1. The van der Waals surface area contributed by atoms with Crippen molar-refractivity contribution in [2.75, 3.05) is 31.1 Å². The van der Waals surface area contributed by atoms with Gasteiger partial charge in [-0.15, -0.1) is 0 Å². The zero-order valence-corrected chi connectivity index (χ0v) is 41.1. The van der Waals surface area contributed by atoms with Crippen molar-refractivity contribution in [3.8, 4) is 5.75 Å². The van der Waals surface area contributed by atoms with Crippen LogP contribution in [0.15, 0.2) is 156 Å². The maximum atomic E-state index is 11.7. The van der Waals surface area contributed by atoms with Gasteiger partial charge in [0, 0.05) is 73.8 Å². The average Bonchev–Trinajstić information content (AvgIpc) is 3.54. The minimum absolute atomic E-state index is 0.0789. The van der Waals surface area contributed by atoms with Crippen molar-refractivity contribution in [2.45, 2.75) is 125 Å². The van der Waals surface area contributed by atoms with Gasteiger partial charge in [0.15, 0.2) is 5.71 Å². The highest BCUT2D eigenvalue weighted by atomic mass is 16.5. The summed E-state index contributed by atoms with van der Waals surface area (Å²) in [4.78, 5) is 14.2. The molecule has 1 amide bonds. The van der Waals surface area contributed by atoms with E-state index >= 15 is 0 Å². The molecule has 4 aromatic rings. The van der Waals surface area contributed by atoms with Crippen LogP contribution in [-0.2, 0) is 36.3 Å². The molecular weight excluding hydrogens is 811 g/mol. The van der Waals surface area contributed by atoms with Crippen LogP contribution in [0.3, 0.4) is 0 Å². The van der Waals surface area contributed by atoms with Crippen LogP contribution >= 0.6 is 0 Å². The van der Waals surface area contributed by atoms with Crippen molar-refractivity contribution in [2.24, 2.45) is 0 Å². The van der Waals surface area contributed by atoms with Gasteiger partial charge in [0.1, 0.15) is 18.1 Å². The fraction of sp³-hybridized carbons (Fsp3) is 0.390. The molecule has 348 valence electrons. The van der Waals surface area contributed by atoms with Gasteiger partial charge < -0.3 is 25.6 Å². The van der Waals surface area contributed by atoms with Gasteiger partial charge in [-0.25, -0.2) is 0 Å². The summed E-state index contributed by atoms with van der Waals surface area (Å²) in [5.74, 6) is 1.75. The number of allylic oxidation sites excluding steroid dienone is 7. The molecule has 0 fully saturated rings. The first kappa shape index (κ1) is 49.7. The quantitative estimate of drug-likeness (QED) is 0.0372. The van der Waals surface area contributed by atoms with Crippen molar-refractivity contribution in [1.82, 2.24) is 16.0 Å². The number of benzene rings is 4. The normalized spacial score (nSPS) is 15.4. The number of rotatable bonds is 24. The lowest BCUT2D eigenvalue weighted by atomic mass is 9.81. The summed E-state index contributed by atoms with van der Waals surface area (Å²) >= 11 is 0. The largest absolute Gasteiger partial charge is 0.457 e. The van der Waals surface area contributed by atoms with E-state index in [2.05, 4.69) is 195 Å². The van der Waals surface area contributed by atoms with Crippen LogP contribution in [-0.4, -0.2) is 42.4 Å². The second kappa shape index (κ2) is 24.7. The van der Waals surface area contributed by atoms with Gasteiger partial charge in [-0.2, -0.15) is 4.58 Å². The maximum absolute atomic E-state index is 11.7. The number of hydrogen-bond acceptors (Lipinski definition) is 5. The summed E-state index contributed by atoms with van der Waals surface area (Å²) in [7, 11) is 0. The number of nitrogens with one attached hydrogen (secondary N) is 3. The molecule has 7 heteroatoms. The van der Waals surface area contributed by atoms with E-state index in [1.54, 1.807) is 6.92 Å². The number of carbonyl (C=O) groups is 1. The zero-order valence-electron chi connectivity index (χ0n) is 41.1. The molecule has 66 heavy (non-hydrogen) atoms. The first-order valence-electron chi connectivity index (χ1n) is 24.7. The third-order valence-corrected chi connectivity index (χ3v) is 12.8. The third kappa shape index (κ3) is 13.0. The topological polar surface area (TPSA) is 68.6 Å². The molecule has 1 aliphatic carbocycles. The van der Waals surface area contributed by atoms with Crippen LogP contribution in [0.25, 0.3) is 0 Å². The van der Waals surface area contributed by atoms with E-state index in [4.69, 9.17) is 4.74 Å². The van der Waals surface area contributed by atoms with Gasteiger partial charge in [0.2, 0.25) is 11.6 Å². The molecule has 0 atom stereocenters. The molecule has 6 rings (SSSR count). The molecule has 0 radical (unpaired) electrons. The predicted molar refractivity (Wildman–Crippen MR) is 278 cm³/mol. The Bertz CT molecular complexity index is 2410. The number of para-hydroxylation sites is 2. The number of aryl methyl sites for hydroxylation is 1. The Morgan fingerprint density at radius 1 is 0.803 bits per heavy atom. The summed E-state index contributed by atoms with van der Waals surface area (Å²) in [6, 6.07) is 35.2.